The van der Waals surface area contributed by atoms with Gasteiger partial charge in [-0.1, -0.05) is 54.6 Å². The zero-order valence-electron chi connectivity index (χ0n) is 20.1. The summed E-state index contributed by atoms with van der Waals surface area (Å²) in [6, 6.07) is 21.4. The van der Waals surface area contributed by atoms with Crippen LogP contribution in [0.15, 0.2) is 72.8 Å². The molecule has 4 N–H and O–H groups in total. The highest BCUT2D eigenvalue weighted by Gasteiger charge is 2.30. The molecule has 0 bridgehead atoms. The first-order valence-electron chi connectivity index (χ1n) is 11.7. The number of urea groups is 1. The molecule has 9 nitrogen and oxygen atoms in total. The topological polar surface area (TPSA) is 127 Å². The third-order valence-corrected chi connectivity index (χ3v) is 6.44. The van der Waals surface area contributed by atoms with Gasteiger partial charge in [0.1, 0.15) is 11.6 Å². The number of nitrogens with one attached hydrogen (secondary N) is 2. The third-order valence-electron chi connectivity index (χ3n) is 6.44. The Morgan fingerprint density at radius 1 is 1.14 bits per heavy atom. The summed E-state index contributed by atoms with van der Waals surface area (Å²) < 4.78 is 5.25. The van der Waals surface area contributed by atoms with Gasteiger partial charge in [-0.15, -0.1) is 0 Å². The number of imide groups is 1. The van der Waals surface area contributed by atoms with E-state index < -0.39 is 12.1 Å². The second-order valence-electron chi connectivity index (χ2n) is 8.74. The smallest absolute Gasteiger partial charge is 0.321 e. The van der Waals surface area contributed by atoms with E-state index >= 15 is 0 Å². The zero-order chi connectivity index (χ0) is 25.9. The number of carbonyl (C=O) groups is 3. The highest BCUT2D eigenvalue weighted by molar-refractivity contribution is 5.99. The molecule has 9 heteroatoms. The Labute approximate surface area is 213 Å². The van der Waals surface area contributed by atoms with Crippen molar-refractivity contribution in [3.8, 4) is 17.0 Å². The molecule has 0 aliphatic carbocycles. The Bertz CT molecular complexity index is 1500. The lowest BCUT2D eigenvalue weighted by Crippen LogP contribution is -2.42. The van der Waals surface area contributed by atoms with Crippen LogP contribution in [0.25, 0.3) is 22.0 Å². The molecule has 4 amide bonds. The normalized spacial score (nSPS) is 13.2. The van der Waals surface area contributed by atoms with E-state index in [9.17, 15) is 14.4 Å². The molecular formula is C28H25N5O4. The van der Waals surface area contributed by atoms with Crippen molar-refractivity contribution in [2.45, 2.75) is 12.6 Å². The van der Waals surface area contributed by atoms with Gasteiger partial charge in [-0.3, -0.25) is 14.9 Å². The molecule has 1 atom stereocenters. The molecule has 37 heavy (non-hydrogen) atoms. The summed E-state index contributed by atoms with van der Waals surface area (Å²) in [4.78, 5) is 42.4. The molecule has 2 heterocycles. The van der Waals surface area contributed by atoms with Gasteiger partial charge in [-0.05, 0) is 34.7 Å². The average molecular weight is 496 g/mol. The summed E-state index contributed by atoms with van der Waals surface area (Å²) in [5.41, 5.74) is 9.88. The first kappa shape index (κ1) is 23.8. The maximum Gasteiger partial charge on any atom is 0.321 e. The van der Waals surface area contributed by atoms with Crippen molar-refractivity contribution in [3.05, 3.63) is 89.5 Å². The number of amides is 4. The van der Waals surface area contributed by atoms with Crippen molar-refractivity contribution >= 4 is 34.9 Å². The van der Waals surface area contributed by atoms with Crippen LogP contribution in [0.5, 0.6) is 5.75 Å². The SMILES string of the molecule is COc1ccc2c(c1)C(=O)N(C[C@H](NC(=O)NC=O)c1ccc(-c3nc(N)cc4ccccc34)cc1)C2. The standard InChI is InChI=1S/C28H25N5O4/c1-37-21-11-10-20-14-33(27(35)23(20)13-21)15-24(31-28(36)30-16-34)17-6-8-18(9-7-17)26-22-5-3-2-4-19(22)12-25(29)32-26/h2-13,16,24H,14-15H2,1H3,(H2,29,32)(H2,30,31,34,36)/t24-/m0/s1. The number of hydrogen-bond donors (Lipinski definition) is 3. The summed E-state index contributed by atoms with van der Waals surface area (Å²) >= 11 is 0. The minimum atomic E-state index is -0.654. The largest absolute Gasteiger partial charge is 0.497 e. The monoisotopic (exact) mass is 495 g/mol. The third kappa shape index (κ3) is 4.79. The van der Waals surface area contributed by atoms with Gasteiger partial charge in [0.25, 0.3) is 5.91 Å². The number of nitrogen functional groups attached to an aromatic ring is 1. The number of fused-ring (bicyclic) bond motifs is 2. The van der Waals surface area contributed by atoms with Crippen LogP contribution in [-0.4, -0.2) is 41.9 Å². The Hall–Kier alpha value is -4.92. The fraction of sp³-hybridized carbons (Fsp3) is 0.143. The van der Waals surface area contributed by atoms with E-state index in [0.717, 1.165) is 33.2 Å². The molecule has 1 aliphatic heterocycles. The van der Waals surface area contributed by atoms with E-state index in [1.807, 2.05) is 66.7 Å². The molecule has 1 aliphatic rings. The predicted octanol–water partition coefficient (Wildman–Crippen LogP) is 3.65. The molecule has 0 spiro atoms. The number of carbonyl (C=O) groups excluding carboxylic acids is 3. The number of anilines is 1. The number of ether oxygens (including phenoxy) is 1. The van der Waals surface area contributed by atoms with Crippen LogP contribution >= 0.6 is 0 Å². The minimum Gasteiger partial charge on any atom is -0.497 e. The molecule has 3 aromatic carbocycles. The van der Waals surface area contributed by atoms with Gasteiger partial charge >= 0.3 is 6.03 Å². The fourth-order valence-electron chi connectivity index (χ4n) is 4.64. The van der Waals surface area contributed by atoms with Gasteiger partial charge in [-0.25, -0.2) is 9.78 Å². The van der Waals surface area contributed by atoms with E-state index in [1.165, 1.54) is 0 Å². The Morgan fingerprint density at radius 2 is 1.92 bits per heavy atom. The van der Waals surface area contributed by atoms with Crippen LogP contribution in [0.1, 0.15) is 27.5 Å². The number of hydrogen-bond acceptors (Lipinski definition) is 6. The number of benzene rings is 3. The van der Waals surface area contributed by atoms with Crippen LogP contribution < -0.4 is 21.1 Å². The highest BCUT2D eigenvalue weighted by Crippen LogP contribution is 2.31. The van der Waals surface area contributed by atoms with Crippen LogP contribution in [0.2, 0.25) is 0 Å². The first-order chi connectivity index (χ1) is 18.0. The van der Waals surface area contributed by atoms with E-state index in [0.29, 0.717) is 30.1 Å². The summed E-state index contributed by atoms with van der Waals surface area (Å²) in [6.07, 6.45) is 0.315. The maximum absolute atomic E-state index is 13.1. The van der Waals surface area contributed by atoms with Crippen molar-refractivity contribution in [1.82, 2.24) is 20.5 Å². The molecule has 4 aromatic rings. The first-order valence-corrected chi connectivity index (χ1v) is 11.7. The zero-order valence-corrected chi connectivity index (χ0v) is 20.1. The van der Waals surface area contributed by atoms with E-state index in [-0.39, 0.29) is 12.5 Å². The number of nitrogens with zero attached hydrogens (tertiary/aromatic N) is 2. The van der Waals surface area contributed by atoms with Gasteiger partial charge < -0.3 is 20.7 Å². The van der Waals surface area contributed by atoms with Crippen LogP contribution in [0.3, 0.4) is 0 Å². The van der Waals surface area contributed by atoms with Crippen LogP contribution in [0, 0.1) is 0 Å². The fourth-order valence-corrected chi connectivity index (χ4v) is 4.64. The minimum absolute atomic E-state index is 0.149. The molecule has 186 valence electrons. The molecular weight excluding hydrogens is 470 g/mol. The number of pyridine rings is 1. The van der Waals surface area contributed by atoms with Gasteiger partial charge in [-0.2, -0.15) is 0 Å². The lowest BCUT2D eigenvalue weighted by molar-refractivity contribution is -0.108. The molecule has 0 fully saturated rings. The summed E-state index contributed by atoms with van der Waals surface area (Å²) in [7, 11) is 1.55. The molecule has 0 unspecified atom stereocenters. The second-order valence-corrected chi connectivity index (χ2v) is 8.74. The van der Waals surface area contributed by atoms with Crippen molar-refractivity contribution in [2.75, 3.05) is 19.4 Å². The lowest BCUT2D eigenvalue weighted by atomic mass is 10.00. The van der Waals surface area contributed by atoms with Gasteiger partial charge in [0.05, 0.1) is 18.8 Å². The Morgan fingerprint density at radius 3 is 2.68 bits per heavy atom. The predicted molar refractivity (Wildman–Crippen MR) is 140 cm³/mol. The van der Waals surface area contributed by atoms with E-state index in [1.54, 1.807) is 18.1 Å². The summed E-state index contributed by atoms with van der Waals surface area (Å²) in [5, 5.41) is 6.86. The molecule has 0 saturated heterocycles. The number of aromatic nitrogens is 1. The van der Waals surface area contributed by atoms with Crippen molar-refractivity contribution in [1.29, 1.82) is 0 Å². The van der Waals surface area contributed by atoms with E-state index in [4.69, 9.17) is 10.5 Å². The van der Waals surface area contributed by atoms with Crippen LogP contribution in [-0.2, 0) is 11.3 Å². The van der Waals surface area contributed by atoms with Gasteiger partial charge in [0.2, 0.25) is 6.41 Å². The molecule has 1 aromatic heterocycles. The van der Waals surface area contributed by atoms with Gasteiger partial charge in [0.15, 0.2) is 0 Å². The quantitative estimate of drug-likeness (QED) is 0.336. The Balaban J connectivity index is 1.44. The number of methoxy groups -OCH3 is 1. The maximum atomic E-state index is 13.1. The Kier molecular flexibility index (Phi) is 6.42. The van der Waals surface area contributed by atoms with Crippen molar-refractivity contribution in [2.24, 2.45) is 0 Å². The molecule has 0 saturated carbocycles. The molecule has 5 rings (SSSR count). The molecule has 0 radical (unpaired) electrons. The van der Waals surface area contributed by atoms with Crippen LogP contribution in [0.4, 0.5) is 10.6 Å². The van der Waals surface area contributed by atoms with Crippen molar-refractivity contribution < 1.29 is 19.1 Å². The van der Waals surface area contributed by atoms with E-state index in [2.05, 4.69) is 15.6 Å². The average Bonchev–Trinajstić information content (AvgIpc) is 3.22. The van der Waals surface area contributed by atoms with Gasteiger partial charge in [0, 0.05) is 29.6 Å². The highest BCUT2D eigenvalue weighted by atomic mass is 16.5. The summed E-state index contributed by atoms with van der Waals surface area (Å²) in [6.45, 7) is 0.615. The lowest BCUT2D eigenvalue weighted by Gasteiger charge is -2.25. The number of rotatable bonds is 7. The summed E-state index contributed by atoms with van der Waals surface area (Å²) in [5.74, 6) is 0.877. The van der Waals surface area contributed by atoms with Crippen molar-refractivity contribution in [3.63, 3.8) is 0 Å². The number of nitrogens with two attached hydrogens (primary N) is 1. The second kappa shape index (κ2) is 9.98.